The standard InChI is InChI=1S/C18H18N2O5/c1-11-3-8-15(16(22)9-11)18(24)25-10-17(23)20-14-6-4-13(5-7-14)19-12(2)21/h3-9,22H,10H2,1-2H3,(H,19,21)(H,20,23). The molecule has 0 aliphatic heterocycles. The van der Waals surface area contributed by atoms with Crippen molar-refractivity contribution in [3.8, 4) is 5.75 Å². The van der Waals surface area contributed by atoms with E-state index in [2.05, 4.69) is 10.6 Å². The summed E-state index contributed by atoms with van der Waals surface area (Å²) in [7, 11) is 0. The predicted molar refractivity (Wildman–Crippen MR) is 92.5 cm³/mol. The van der Waals surface area contributed by atoms with E-state index in [1.807, 2.05) is 0 Å². The minimum atomic E-state index is -0.784. The number of anilines is 2. The van der Waals surface area contributed by atoms with Crippen LogP contribution in [0.15, 0.2) is 42.5 Å². The Balaban J connectivity index is 1.87. The molecule has 0 heterocycles. The quantitative estimate of drug-likeness (QED) is 0.724. The second-order valence-corrected chi connectivity index (χ2v) is 5.40. The van der Waals surface area contributed by atoms with E-state index in [9.17, 15) is 19.5 Å². The molecule has 0 aromatic heterocycles. The number of carbonyl (C=O) groups is 3. The number of phenols is 1. The summed E-state index contributed by atoms with van der Waals surface area (Å²) in [6.07, 6.45) is 0. The molecule has 7 nitrogen and oxygen atoms in total. The largest absolute Gasteiger partial charge is 0.507 e. The zero-order chi connectivity index (χ0) is 18.4. The van der Waals surface area contributed by atoms with Gasteiger partial charge in [0.2, 0.25) is 5.91 Å². The number of rotatable bonds is 5. The lowest BCUT2D eigenvalue weighted by Gasteiger charge is -2.09. The van der Waals surface area contributed by atoms with E-state index < -0.39 is 18.5 Å². The van der Waals surface area contributed by atoms with Crippen LogP contribution in [-0.4, -0.2) is 29.5 Å². The summed E-state index contributed by atoms with van der Waals surface area (Å²) in [5, 5.41) is 14.9. The molecular formula is C18H18N2O5. The summed E-state index contributed by atoms with van der Waals surface area (Å²) in [5.41, 5.74) is 1.90. The van der Waals surface area contributed by atoms with Crippen molar-refractivity contribution in [1.29, 1.82) is 0 Å². The normalized spacial score (nSPS) is 10.0. The van der Waals surface area contributed by atoms with Gasteiger partial charge in [-0.2, -0.15) is 0 Å². The zero-order valence-corrected chi connectivity index (χ0v) is 13.8. The van der Waals surface area contributed by atoms with Crippen molar-refractivity contribution in [2.45, 2.75) is 13.8 Å². The fourth-order valence-electron chi connectivity index (χ4n) is 2.06. The Kier molecular flexibility index (Phi) is 5.73. The van der Waals surface area contributed by atoms with Crippen LogP contribution in [-0.2, 0) is 14.3 Å². The molecule has 0 saturated heterocycles. The summed E-state index contributed by atoms with van der Waals surface area (Å²) in [4.78, 5) is 34.6. The third-order valence-electron chi connectivity index (χ3n) is 3.20. The Labute approximate surface area is 144 Å². The second-order valence-electron chi connectivity index (χ2n) is 5.40. The predicted octanol–water partition coefficient (Wildman–Crippen LogP) is 2.45. The molecule has 2 aromatic rings. The molecule has 2 aromatic carbocycles. The Hall–Kier alpha value is -3.35. The Morgan fingerprint density at radius 2 is 1.60 bits per heavy atom. The van der Waals surface area contributed by atoms with Crippen LogP contribution < -0.4 is 10.6 Å². The number of hydrogen-bond donors (Lipinski definition) is 3. The molecule has 3 N–H and O–H groups in total. The molecule has 2 amide bonds. The van der Waals surface area contributed by atoms with Gasteiger partial charge in [0, 0.05) is 18.3 Å². The molecule has 0 spiro atoms. The first-order chi connectivity index (χ1) is 11.8. The highest BCUT2D eigenvalue weighted by atomic mass is 16.5. The number of carbonyl (C=O) groups excluding carboxylic acids is 3. The molecule has 0 unspecified atom stereocenters. The second kappa shape index (κ2) is 7.96. The first-order valence-corrected chi connectivity index (χ1v) is 7.49. The van der Waals surface area contributed by atoms with Crippen LogP contribution in [0, 0.1) is 6.92 Å². The first kappa shape index (κ1) is 18.0. The molecule has 0 aliphatic rings. The van der Waals surface area contributed by atoms with Gasteiger partial charge in [-0.1, -0.05) is 6.07 Å². The minimum absolute atomic E-state index is 0.00180. The maximum absolute atomic E-state index is 11.9. The van der Waals surface area contributed by atoms with Crippen LogP contribution >= 0.6 is 0 Å². The number of hydrogen-bond acceptors (Lipinski definition) is 5. The number of esters is 1. The molecule has 0 fully saturated rings. The molecule has 0 atom stereocenters. The van der Waals surface area contributed by atoms with Crippen molar-refractivity contribution >= 4 is 29.2 Å². The van der Waals surface area contributed by atoms with Crippen LogP contribution in [0.4, 0.5) is 11.4 Å². The summed E-state index contributed by atoms with van der Waals surface area (Å²) >= 11 is 0. The fraction of sp³-hybridized carbons (Fsp3) is 0.167. The van der Waals surface area contributed by atoms with Crippen LogP contribution in [0.25, 0.3) is 0 Å². The monoisotopic (exact) mass is 342 g/mol. The zero-order valence-electron chi connectivity index (χ0n) is 13.8. The van der Waals surface area contributed by atoms with Gasteiger partial charge in [-0.15, -0.1) is 0 Å². The van der Waals surface area contributed by atoms with Gasteiger partial charge >= 0.3 is 5.97 Å². The van der Waals surface area contributed by atoms with Gasteiger partial charge < -0.3 is 20.5 Å². The average molecular weight is 342 g/mol. The van der Waals surface area contributed by atoms with Gasteiger partial charge in [-0.05, 0) is 48.9 Å². The van der Waals surface area contributed by atoms with Crippen LogP contribution in [0.3, 0.4) is 0 Å². The maximum Gasteiger partial charge on any atom is 0.342 e. The van der Waals surface area contributed by atoms with Crippen molar-refractivity contribution in [3.05, 3.63) is 53.6 Å². The number of benzene rings is 2. The van der Waals surface area contributed by atoms with Gasteiger partial charge in [0.1, 0.15) is 11.3 Å². The van der Waals surface area contributed by atoms with Gasteiger partial charge in [-0.3, -0.25) is 9.59 Å². The number of ether oxygens (including phenoxy) is 1. The van der Waals surface area contributed by atoms with Crippen molar-refractivity contribution < 1.29 is 24.2 Å². The molecule has 0 aliphatic carbocycles. The molecular weight excluding hydrogens is 324 g/mol. The molecule has 7 heteroatoms. The van der Waals surface area contributed by atoms with Gasteiger partial charge in [0.25, 0.3) is 5.91 Å². The van der Waals surface area contributed by atoms with E-state index in [1.54, 1.807) is 37.3 Å². The van der Waals surface area contributed by atoms with E-state index in [0.29, 0.717) is 11.4 Å². The molecule has 0 bridgehead atoms. The van der Waals surface area contributed by atoms with Gasteiger partial charge in [0.05, 0.1) is 0 Å². The summed E-state index contributed by atoms with van der Waals surface area (Å²) in [6.45, 7) is 2.69. The van der Waals surface area contributed by atoms with E-state index >= 15 is 0 Å². The third-order valence-corrected chi connectivity index (χ3v) is 3.20. The summed E-state index contributed by atoms with van der Waals surface area (Å²) in [6, 6.07) is 11.0. The van der Waals surface area contributed by atoms with E-state index in [0.717, 1.165) is 5.56 Å². The molecule has 0 radical (unpaired) electrons. The first-order valence-electron chi connectivity index (χ1n) is 7.49. The number of amides is 2. The number of aryl methyl sites for hydroxylation is 1. The highest BCUT2D eigenvalue weighted by Crippen LogP contribution is 2.19. The lowest BCUT2D eigenvalue weighted by molar-refractivity contribution is -0.119. The molecule has 25 heavy (non-hydrogen) atoms. The third kappa shape index (κ3) is 5.35. The highest BCUT2D eigenvalue weighted by molar-refractivity contribution is 5.97. The van der Waals surface area contributed by atoms with Crippen molar-refractivity contribution in [2.24, 2.45) is 0 Å². The minimum Gasteiger partial charge on any atom is -0.507 e. The molecule has 130 valence electrons. The van der Waals surface area contributed by atoms with Crippen LogP contribution in [0.1, 0.15) is 22.8 Å². The van der Waals surface area contributed by atoms with Crippen LogP contribution in [0.2, 0.25) is 0 Å². The fourth-order valence-corrected chi connectivity index (χ4v) is 2.06. The Bertz CT molecular complexity index is 800. The lowest BCUT2D eigenvalue weighted by Crippen LogP contribution is -2.21. The number of phenolic OH excluding ortho intramolecular Hbond substituents is 1. The van der Waals surface area contributed by atoms with E-state index in [-0.39, 0.29) is 17.2 Å². The van der Waals surface area contributed by atoms with Gasteiger partial charge in [0.15, 0.2) is 6.61 Å². The van der Waals surface area contributed by atoms with Gasteiger partial charge in [-0.25, -0.2) is 4.79 Å². The van der Waals surface area contributed by atoms with E-state index in [4.69, 9.17) is 4.74 Å². The number of aromatic hydroxyl groups is 1. The molecule has 0 saturated carbocycles. The highest BCUT2D eigenvalue weighted by Gasteiger charge is 2.14. The SMILES string of the molecule is CC(=O)Nc1ccc(NC(=O)COC(=O)c2ccc(C)cc2O)cc1. The van der Waals surface area contributed by atoms with Crippen molar-refractivity contribution in [2.75, 3.05) is 17.2 Å². The molecule has 2 rings (SSSR count). The van der Waals surface area contributed by atoms with Crippen LogP contribution in [0.5, 0.6) is 5.75 Å². The topological polar surface area (TPSA) is 105 Å². The smallest absolute Gasteiger partial charge is 0.342 e. The average Bonchev–Trinajstić information content (AvgIpc) is 2.54. The van der Waals surface area contributed by atoms with Crippen molar-refractivity contribution in [1.82, 2.24) is 0 Å². The van der Waals surface area contributed by atoms with E-state index in [1.165, 1.54) is 19.1 Å². The summed E-state index contributed by atoms with van der Waals surface area (Å²) in [5.74, 6) is -1.69. The Morgan fingerprint density at radius 3 is 2.16 bits per heavy atom. The van der Waals surface area contributed by atoms with Crippen molar-refractivity contribution in [3.63, 3.8) is 0 Å². The maximum atomic E-state index is 11.9. The Morgan fingerprint density at radius 1 is 1.00 bits per heavy atom. The lowest BCUT2D eigenvalue weighted by atomic mass is 10.1. The summed E-state index contributed by atoms with van der Waals surface area (Å²) < 4.78 is 4.89. The number of nitrogens with one attached hydrogen (secondary N) is 2.